The topological polar surface area (TPSA) is 111 Å². The van der Waals surface area contributed by atoms with Crippen molar-refractivity contribution in [2.45, 2.75) is 37.2 Å². The number of rotatable bonds is 4. The van der Waals surface area contributed by atoms with Gasteiger partial charge in [-0.15, -0.1) is 0 Å². The zero-order valence-electron chi connectivity index (χ0n) is 12.9. The Hall–Kier alpha value is -1.80. The van der Waals surface area contributed by atoms with E-state index in [4.69, 9.17) is 15.2 Å². The van der Waals surface area contributed by atoms with E-state index in [1.54, 1.807) is 24.4 Å². The second kappa shape index (κ2) is 6.76. The molecule has 3 rings (SSSR count). The first-order valence-corrected chi connectivity index (χ1v) is 7.63. The summed E-state index contributed by atoms with van der Waals surface area (Å²) < 4.78 is 10.7. The Balaban J connectivity index is 1.89. The molecule has 7 nitrogen and oxygen atoms in total. The van der Waals surface area contributed by atoms with E-state index in [2.05, 4.69) is 9.97 Å². The van der Waals surface area contributed by atoms with Gasteiger partial charge in [-0.2, -0.15) is 0 Å². The number of aromatic nitrogens is 2. The summed E-state index contributed by atoms with van der Waals surface area (Å²) in [7, 11) is 1.52. The molecule has 0 radical (unpaired) electrons. The van der Waals surface area contributed by atoms with Crippen LogP contribution in [0.15, 0.2) is 24.4 Å². The van der Waals surface area contributed by atoms with E-state index >= 15 is 0 Å². The van der Waals surface area contributed by atoms with Gasteiger partial charge in [0.1, 0.15) is 12.2 Å². The van der Waals surface area contributed by atoms with Gasteiger partial charge in [0, 0.05) is 23.9 Å². The Morgan fingerprint density at radius 3 is 2.83 bits per heavy atom. The Kier molecular flexibility index (Phi) is 4.72. The summed E-state index contributed by atoms with van der Waals surface area (Å²) >= 11 is 0. The monoisotopic (exact) mass is 319 g/mol. The van der Waals surface area contributed by atoms with Gasteiger partial charge in [-0.25, -0.2) is 4.98 Å². The Morgan fingerprint density at radius 1 is 1.30 bits per heavy atom. The van der Waals surface area contributed by atoms with Crippen LogP contribution in [-0.4, -0.2) is 52.1 Å². The van der Waals surface area contributed by atoms with Crippen molar-refractivity contribution in [3.05, 3.63) is 30.0 Å². The molecule has 2 aromatic rings. The molecular formula is C16H21N3O4. The van der Waals surface area contributed by atoms with Crippen molar-refractivity contribution in [3.8, 4) is 5.88 Å². The second-order valence-electron chi connectivity index (χ2n) is 5.77. The molecule has 0 amide bonds. The van der Waals surface area contributed by atoms with Crippen molar-refractivity contribution < 1.29 is 19.7 Å². The predicted molar refractivity (Wildman–Crippen MR) is 84.0 cm³/mol. The summed E-state index contributed by atoms with van der Waals surface area (Å²) in [5.74, 6) is 0.424. The van der Waals surface area contributed by atoms with Gasteiger partial charge < -0.3 is 25.4 Å². The molecule has 0 saturated carbocycles. The summed E-state index contributed by atoms with van der Waals surface area (Å²) in [6.07, 6.45) is 0.329. The van der Waals surface area contributed by atoms with Crippen molar-refractivity contribution in [3.63, 3.8) is 0 Å². The first kappa shape index (κ1) is 16.1. The van der Waals surface area contributed by atoms with Crippen LogP contribution in [0, 0.1) is 0 Å². The fraction of sp³-hybridized carbons (Fsp3) is 0.500. The summed E-state index contributed by atoms with van der Waals surface area (Å²) in [6.45, 7) is 0.387. The third kappa shape index (κ3) is 3.28. The number of nitrogens with two attached hydrogens (primary N) is 1. The zero-order valence-corrected chi connectivity index (χ0v) is 12.9. The summed E-state index contributed by atoms with van der Waals surface area (Å²) in [5.41, 5.74) is 7.42. The number of fused-ring (bicyclic) bond motifs is 1. The molecule has 1 aliphatic rings. The molecule has 1 fully saturated rings. The lowest BCUT2D eigenvalue weighted by Gasteiger charge is -2.32. The molecule has 23 heavy (non-hydrogen) atoms. The highest BCUT2D eigenvalue weighted by Gasteiger charge is 2.32. The van der Waals surface area contributed by atoms with E-state index in [0.717, 1.165) is 6.42 Å². The number of aliphatic hydroxyl groups is 2. The van der Waals surface area contributed by atoms with Gasteiger partial charge in [-0.3, -0.25) is 4.98 Å². The van der Waals surface area contributed by atoms with Crippen LogP contribution in [0.1, 0.15) is 24.5 Å². The smallest absolute Gasteiger partial charge is 0.213 e. The molecule has 3 heterocycles. The van der Waals surface area contributed by atoms with E-state index in [1.807, 2.05) is 0 Å². The number of methoxy groups -OCH3 is 1. The van der Waals surface area contributed by atoms with Crippen LogP contribution >= 0.6 is 0 Å². The molecule has 7 heteroatoms. The lowest BCUT2D eigenvalue weighted by molar-refractivity contribution is -0.111. The van der Waals surface area contributed by atoms with E-state index in [9.17, 15) is 10.2 Å². The van der Waals surface area contributed by atoms with Crippen LogP contribution < -0.4 is 10.5 Å². The highest BCUT2D eigenvalue weighted by Crippen LogP contribution is 2.29. The van der Waals surface area contributed by atoms with Gasteiger partial charge in [0.2, 0.25) is 5.88 Å². The van der Waals surface area contributed by atoms with Crippen LogP contribution in [0.3, 0.4) is 0 Å². The SMILES string of the molecule is COc1ccc2nccc([C@@H](O)[C@@H](O)[C@H]3CC[C@H](N)CO3)c2n1. The number of aliphatic hydroxyl groups excluding tert-OH is 2. The van der Waals surface area contributed by atoms with E-state index in [1.165, 1.54) is 7.11 Å². The highest BCUT2D eigenvalue weighted by atomic mass is 16.5. The third-order valence-electron chi connectivity index (χ3n) is 4.17. The molecule has 4 N–H and O–H groups in total. The van der Waals surface area contributed by atoms with Gasteiger partial charge in [0.25, 0.3) is 0 Å². The zero-order chi connectivity index (χ0) is 16.4. The van der Waals surface area contributed by atoms with Crippen molar-refractivity contribution in [2.24, 2.45) is 5.73 Å². The van der Waals surface area contributed by atoms with Gasteiger partial charge in [-0.1, -0.05) is 0 Å². The average molecular weight is 319 g/mol. The predicted octanol–water partition coefficient (Wildman–Crippen LogP) is 0.539. The van der Waals surface area contributed by atoms with E-state index in [-0.39, 0.29) is 6.04 Å². The quantitative estimate of drug-likeness (QED) is 0.754. The van der Waals surface area contributed by atoms with Gasteiger partial charge in [-0.05, 0) is 25.0 Å². The van der Waals surface area contributed by atoms with Gasteiger partial charge in [0.15, 0.2) is 0 Å². The summed E-state index contributed by atoms with van der Waals surface area (Å²) in [5, 5.41) is 21.1. The number of pyridine rings is 2. The molecule has 0 spiro atoms. The van der Waals surface area contributed by atoms with Crippen molar-refractivity contribution >= 4 is 11.0 Å². The van der Waals surface area contributed by atoms with Crippen LogP contribution in [-0.2, 0) is 4.74 Å². The fourth-order valence-corrected chi connectivity index (χ4v) is 2.83. The minimum atomic E-state index is -1.13. The van der Waals surface area contributed by atoms with Gasteiger partial charge >= 0.3 is 0 Å². The van der Waals surface area contributed by atoms with Crippen LogP contribution in [0.25, 0.3) is 11.0 Å². The molecule has 0 bridgehead atoms. The molecule has 1 aliphatic heterocycles. The standard InChI is InChI=1S/C16H21N3O4/c1-22-13-5-3-11-14(19-13)10(6-7-18-11)15(20)16(21)12-4-2-9(17)8-23-12/h3,5-7,9,12,15-16,20-21H,2,4,8,17H2,1H3/t9-,12+,15+,16-/m0/s1. The van der Waals surface area contributed by atoms with E-state index < -0.39 is 18.3 Å². The second-order valence-corrected chi connectivity index (χ2v) is 5.77. The molecule has 0 unspecified atom stereocenters. The molecule has 2 aromatic heterocycles. The molecular weight excluding hydrogens is 298 g/mol. The lowest BCUT2D eigenvalue weighted by atomic mass is 9.94. The van der Waals surface area contributed by atoms with Crippen LogP contribution in [0.2, 0.25) is 0 Å². The maximum absolute atomic E-state index is 10.6. The first-order valence-electron chi connectivity index (χ1n) is 7.63. The summed E-state index contributed by atoms with van der Waals surface area (Å²) in [6, 6.07) is 5.10. The first-order chi connectivity index (χ1) is 11.1. The van der Waals surface area contributed by atoms with Crippen LogP contribution in [0.4, 0.5) is 0 Å². The van der Waals surface area contributed by atoms with Gasteiger partial charge in [0.05, 0.1) is 30.9 Å². The molecule has 1 saturated heterocycles. The molecule has 0 aromatic carbocycles. The minimum absolute atomic E-state index is 0.0109. The minimum Gasteiger partial charge on any atom is -0.481 e. The maximum atomic E-state index is 10.6. The maximum Gasteiger partial charge on any atom is 0.213 e. The summed E-state index contributed by atoms with van der Waals surface area (Å²) in [4.78, 5) is 8.56. The van der Waals surface area contributed by atoms with E-state index in [0.29, 0.717) is 35.5 Å². The Bertz CT molecular complexity index is 673. The molecule has 4 atom stereocenters. The lowest BCUT2D eigenvalue weighted by Crippen LogP contribution is -2.43. The molecule has 0 aliphatic carbocycles. The van der Waals surface area contributed by atoms with Crippen molar-refractivity contribution in [2.75, 3.05) is 13.7 Å². The number of hydrogen-bond acceptors (Lipinski definition) is 7. The number of nitrogens with zero attached hydrogens (tertiary/aromatic N) is 2. The van der Waals surface area contributed by atoms with Crippen molar-refractivity contribution in [1.29, 1.82) is 0 Å². The number of ether oxygens (including phenoxy) is 2. The normalized spacial score (nSPS) is 24.3. The third-order valence-corrected chi connectivity index (χ3v) is 4.17. The van der Waals surface area contributed by atoms with Crippen LogP contribution in [0.5, 0.6) is 5.88 Å². The number of hydrogen-bond donors (Lipinski definition) is 3. The fourth-order valence-electron chi connectivity index (χ4n) is 2.83. The molecule has 124 valence electrons. The Labute approximate surface area is 134 Å². The largest absolute Gasteiger partial charge is 0.481 e. The highest BCUT2D eigenvalue weighted by molar-refractivity contribution is 5.78. The Morgan fingerprint density at radius 2 is 2.13 bits per heavy atom. The average Bonchev–Trinajstić information content (AvgIpc) is 2.60. The van der Waals surface area contributed by atoms with Crippen molar-refractivity contribution in [1.82, 2.24) is 9.97 Å².